The van der Waals surface area contributed by atoms with Crippen LogP contribution in [0.15, 0.2) is 41.7 Å². The Labute approximate surface area is 121 Å². The Morgan fingerprint density at radius 1 is 1.35 bits per heavy atom. The number of methoxy groups -OCH3 is 1. The molecule has 0 saturated heterocycles. The van der Waals surface area contributed by atoms with E-state index in [0.29, 0.717) is 16.6 Å². The molecule has 104 valence electrons. The van der Waals surface area contributed by atoms with Crippen LogP contribution in [-0.2, 0) is 4.79 Å². The molecule has 1 heterocycles. The average molecular weight is 289 g/mol. The SMILES string of the molecule is COc1ccccc1NC(=O)CSc1nccc(C)n1. The second-order valence-electron chi connectivity index (χ2n) is 4.02. The zero-order valence-electron chi connectivity index (χ0n) is 11.3. The number of hydrogen-bond donors (Lipinski definition) is 1. The van der Waals surface area contributed by atoms with Crippen molar-refractivity contribution >= 4 is 23.4 Å². The van der Waals surface area contributed by atoms with Crippen LogP contribution in [-0.4, -0.2) is 28.7 Å². The third-order valence-electron chi connectivity index (χ3n) is 2.49. The lowest BCUT2D eigenvalue weighted by molar-refractivity contribution is -0.113. The summed E-state index contributed by atoms with van der Waals surface area (Å²) in [5, 5.41) is 3.40. The molecule has 0 saturated carbocycles. The Kier molecular flexibility index (Phi) is 4.95. The zero-order chi connectivity index (χ0) is 14.4. The van der Waals surface area contributed by atoms with Gasteiger partial charge < -0.3 is 10.1 Å². The van der Waals surface area contributed by atoms with Gasteiger partial charge in [0, 0.05) is 11.9 Å². The van der Waals surface area contributed by atoms with Crippen molar-refractivity contribution in [2.45, 2.75) is 12.1 Å². The fourth-order valence-corrected chi connectivity index (χ4v) is 2.24. The molecule has 2 rings (SSSR count). The summed E-state index contributed by atoms with van der Waals surface area (Å²) >= 11 is 1.30. The molecule has 0 bridgehead atoms. The van der Waals surface area contributed by atoms with Gasteiger partial charge in [-0.3, -0.25) is 4.79 Å². The van der Waals surface area contributed by atoms with Crippen LogP contribution in [0.2, 0.25) is 0 Å². The van der Waals surface area contributed by atoms with Crippen molar-refractivity contribution in [1.29, 1.82) is 0 Å². The Hall–Kier alpha value is -2.08. The second kappa shape index (κ2) is 6.91. The number of carbonyl (C=O) groups is 1. The number of ether oxygens (including phenoxy) is 1. The number of anilines is 1. The van der Waals surface area contributed by atoms with Gasteiger partial charge in [-0.15, -0.1) is 0 Å². The van der Waals surface area contributed by atoms with Crippen LogP contribution >= 0.6 is 11.8 Å². The monoisotopic (exact) mass is 289 g/mol. The lowest BCUT2D eigenvalue weighted by atomic mass is 10.3. The minimum Gasteiger partial charge on any atom is -0.495 e. The van der Waals surface area contributed by atoms with Gasteiger partial charge in [0.15, 0.2) is 5.16 Å². The molecule has 0 fully saturated rings. The molecule has 1 aromatic carbocycles. The number of carbonyl (C=O) groups excluding carboxylic acids is 1. The van der Waals surface area contributed by atoms with Gasteiger partial charge in [0.05, 0.1) is 18.6 Å². The molecule has 1 aromatic heterocycles. The van der Waals surface area contributed by atoms with Crippen molar-refractivity contribution in [2.24, 2.45) is 0 Å². The Balaban J connectivity index is 1.93. The number of aryl methyl sites for hydroxylation is 1. The molecule has 0 aliphatic carbocycles. The number of thioether (sulfide) groups is 1. The van der Waals surface area contributed by atoms with Gasteiger partial charge >= 0.3 is 0 Å². The van der Waals surface area contributed by atoms with E-state index in [4.69, 9.17) is 4.74 Å². The average Bonchev–Trinajstić information content (AvgIpc) is 2.46. The van der Waals surface area contributed by atoms with Gasteiger partial charge in [-0.25, -0.2) is 9.97 Å². The largest absolute Gasteiger partial charge is 0.495 e. The molecule has 1 N–H and O–H groups in total. The summed E-state index contributed by atoms with van der Waals surface area (Å²) in [5.74, 6) is 0.767. The molecule has 20 heavy (non-hydrogen) atoms. The van der Waals surface area contributed by atoms with E-state index >= 15 is 0 Å². The molecule has 6 heteroatoms. The zero-order valence-corrected chi connectivity index (χ0v) is 12.1. The molecule has 0 spiro atoms. The molecule has 1 amide bonds. The van der Waals surface area contributed by atoms with Crippen LogP contribution in [0.1, 0.15) is 5.69 Å². The van der Waals surface area contributed by atoms with Crippen molar-refractivity contribution in [3.8, 4) is 5.75 Å². The van der Waals surface area contributed by atoms with Gasteiger partial charge in [0.25, 0.3) is 0 Å². The van der Waals surface area contributed by atoms with E-state index in [9.17, 15) is 4.79 Å². The number of hydrogen-bond acceptors (Lipinski definition) is 5. The summed E-state index contributed by atoms with van der Waals surface area (Å²) < 4.78 is 5.18. The van der Waals surface area contributed by atoms with E-state index in [2.05, 4.69) is 15.3 Å². The summed E-state index contributed by atoms with van der Waals surface area (Å²) in [6.45, 7) is 1.89. The highest BCUT2D eigenvalue weighted by Gasteiger charge is 2.08. The van der Waals surface area contributed by atoms with Crippen LogP contribution in [0.5, 0.6) is 5.75 Å². The molecule has 0 aliphatic rings. The van der Waals surface area contributed by atoms with Crippen molar-refractivity contribution in [3.63, 3.8) is 0 Å². The number of rotatable bonds is 5. The van der Waals surface area contributed by atoms with Gasteiger partial charge in [-0.2, -0.15) is 0 Å². The first-order valence-electron chi connectivity index (χ1n) is 6.04. The molecule has 0 unspecified atom stereocenters. The number of nitrogens with zero attached hydrogens (tertiary/aromatic N) is 2. The highest BCUT2D eigenvalue weighted by Crippen LogP contribution is 2.23. The first-order chi connectivity index (χ1) is 9.69. The standard InChI is InChI=1S/C14H15N3O2S/c1-10-7-8-15-14(16-10)20-9-13(18)17-11-5-3-4-6-12(11)19-2/h3-8H,9H2,1-2H3,(H,17,18). The quantitative estimate of drug-likeness (QED) is 0.677. The fraction of sp³-hybridized carbons (Fsp3) is 0.214. The van der Waals surface area contributed by atoms with E-state index in [1.807, 2.05) is 25.1 Å². The van der Waals surface area contributed by atoms with E-state index in [1.54, 1.807) is 25.4 Å². The van der Waals surface area contributed by atoms with Crippen LogP contribution in [0.3, 0.4) is 0 Å². The minimum atomic E-state index is -0.121. The maximum Gasteiger partial charge on any atom is 0.234 e. The summed E-state index contributed by atoms with van der Waals surface area (Å²) in [6, 6.07) is 9.11. The molecular formula is C14H15N3O2S. The smallest absolute Gasteiger partial charge is 0.234 e. The first kappa shape index (κ1) is 14.3. The number of benzene rings is 1. The fourth-order valence-electron chi connectivity index (χ4n) is 1.56. The Morgan fingerprint density at radius 2 is 2.15 bits per heavy atom. The summed E-state index contributed by atoms with van der Waals surface area (Å²) in [4.78, 5) is 20.2. The highest BCUT2D eigenvalue weighted by molar-refractivity contribution is 7.99. The van der Waals surface area contributed by atoms with Crippen LogP contribution in [0.4, 0.5) is 5.69 Å². The van der Waals surface area contributed by atoms with Gasteiger partial charge in [-0.1, -0.05) is 23.9 Å². The number of aromatic nitrogens is 2. The lowest BCUT2D eigenvalue weighted by Crippen LogP contribution is -2.14. The highest BCUT2D eigenvalue weighted by atomic mass is 32.2. The predicted molar refractivity (Wildman–Crippen MR) is 79.1 cm³/mol. The van der Waals surface area contributed by atoms with Crippen LogP contribution < -0.4 is 10.1 Å². The van der Waals surface area contributed by atoms with Gasteiger partial charge in [0.1, 0.15) is 5.75 Å². The van der Waals surface area contributed by atoms with E-state index < -0.39 is 0 Å². The second-order valence-corrected chi connectivity index (χ2v) is 4.96. The number of nitrogens with one attached hydrogen (secondary N) is 1. The summed E-state index contributed by atoms with van der Waals surface area (Å²) in [7, 11) is 1.57. The van der Waals surface area contributed by atoms with Crippen molar-refractivity contribution in [3.05, 3.63) is 42.2 Å². The van der Waals surface area contributed by atoms with Crippen molar-refractivity contribution < 1.29 is 9.53 Å². The maximum absolute atomic E-state index is 11.9. The third-order valence-corrected chi connectivity index (χ3v) is 3.35. The number of amides is 1. The molecule has 2 aromatic rings. The summed E-state index contributed by atoms with van der Waals surface area (Å²) in [5.41, 5.74) is 1.54. The molecule has 0 aliphatic heterocycles. The molecular weight excluding hydrogens is 274 g/mol. The van der Waals surface area contributed by atoms with Crippen LogP contribution in [0, 0.1) is 6.92 Å². The normalized spacial score (nSPS) is 10.1. The van der Waals surface area contributed by atoms with Crippen LogP contribution in [0.25, 0.3) is 0 Å². The Bertz CT molecular complexity index is 604. The van der Waals surface area contributed by atoms with E-state index in [1.165, 1.54) is 11.8 Å². The third kappa shape index (κ3) is 3.96. The van der Waals surface area contributed by atoms with E-state index in [0.717, 1.165) is 5.69 Å². The van der Waals surface area contributed by atoms with Gasteiger partial charge in [-0.05, 0) is 25.1 Å². The first-order valence-corrected chi connectivity index (χ1v) is 7.03. The molecule has 5 nitrogen and oxygen atoms in total. The minimum absolute atomic E-state index is 0.121. The predicted octanol–water partition coefficient (Wildman–Crippen LogP) is 2.52. The lowest BCUT2D eigenvalue weighted by Gasteiger charge is -2.09. The van der Waals surface area contributed by atoms with E-state index in [-0.39, 0.29) is 11.7 Å². The molecule has 0 radical (unpaired) electrons. The topological polar surface area (TPSA) is 64.1 Å². The van der Waals surface area contributed by atoms with Crippen molar-refractivity contribution in [1.82, 2.24) is 9.97 Å². The summed E-state index contributed by atoms with van der Waals surface area (Å²) in [6.07, 6.45) is 1.68. The Morgan fingerprint density at radius 3 is 2.90 bits per heavy atom. The van der Waals surface area contributed by atoms with Crippen molar-refractivity contribution in [2.75, 3.05) is 18.2 Å². The molecule has 0 atom stereocenters. The van der Waals surface area contributed by atoms with Gasteiger partial charge in [0.2, 0.25) is 5.91 Å². The number of para-hydroxylation sites is 2. The maximum atomic E-state index is 11.9.